The molecule has 0 aromatic heterocycles. The second-order valence-corrected chi connectivity index (χ2v) is 7.63. The summed E-state index contributed by atoms with van der Waals surface area (Å²) in [6.07, 6.45) is 24.1. The highest BCUT2D eigenvalue weighted by atomic mass is 14.6. The van der Waals surface area contributed by atoms with Gasteiger partial charge >= 0.3 is 0 Å². The summed E-state index contributed by atoms with van der Waals surface area (Å²) in [6, 6.07) is 0. The molecule has 0 radical (unpaired) electrons. The first kappa shape index (κ1) is 16.8. The second kappa shape index (κ2) is 8.80. The third-order valence-electron chi connectivity index (χ3n) is 6.62. The maximum absolute atomic E-state index is 5.86. The van der Waals surface area contributed by atoms with Crippen molar-refractivity contribution in [3.63, 3.8) is 0 Å². The van der Waals surface area contributed by atoms with Crippen molar-refractivity contribution in [3.8, 4) is 0 Å². The van der Waals surface area contributed by atoms with Crippen molar-refractivity contribution in [2.75, 3.05) is 0 Å². The first-order valence-electron chi connectivity index (χ1n) is 9.54. The molecule has 21 heavy (non-hydrogen) atoms. The lowest BCUT2D eigenvalue weighted by Crippen LogP contribution is -2.41. The number of nitrogens with two attached hydrogens (primary N) is 1. The largest absolute Gasteiger partial charge is 0.390 e. The van der Waals surface area contributed by atoms with Gasteiger partial charge in [0.1, 0.15) is 0 Å². The minimum atomic E-state index is 0.750. The van der Waals surface area contributed by atoms with Gasteiger partial charge in [0.15, 0.2) is 0 Å². The SMILES string of the molecule is C1CCC(C2(C3CCCCC3)CCCCC2)CC1.N=CN. The molecule has 3 fully saturated rings. The molecule has 2 heteroatoms. The van der Waals surface area contributed by atoms with E-state index in [0.29, 0.717) is 0 Å². The van der Waals surface area contributed by atoms with Crippen LogP contribution in [0.15, 0.2) is 0 Å². The summed E-state index contributed by atoms with van der Waals surface area (Å²) in [7, 11) is 0. The Morgan fingerprint density at radius 3 is 1.38 bits per heavy atom. The van der Waals surface area contributed by atoms with Gasteiger partial charge < -0.3 is 5.73 Å². The monoisotopic (exact) mass is 292 g/mol. The minimum absolute atomic E-state index is 0.750. The fourth-order valence-corrected chi connectivity index (χ4v) is 5.71. The number of hydrogen-bond acceptors (Lipinski definition) is 1. The molecule has 122 valence electrons. The quantitative estimate of drug-likeness (QED) is 0.501. The molecule has 0 unspecified atom stereocenters. The molecule has 3 aliphatic rings. The molecule has 3 N–H and O–H groups in total. The Morgan fingerprint density at radius 2 is 1.00 bits per heavy atom. The molecule has 0 heterocycles. The van der Waals surface area contributed by atoms with Gasteiger partial charge in [0.05, 0.1) is 6.34 Å². The number of nitrogens with one attached hydrogen (secondary N) is 1. The average Bonchev–Trinajstić information content (AvgIpc) is 2.58. The van der Waals surface area contributed by atoms with Gasteiger partial charge in [0.2, 0.25) is 0 Å². The molecular formula is C19H36N2. The third-order valence-corrected chi connectivity index (χ3v) is 6.62. The Bertz CT molecular complexity index is 262. The normalized spacial score (nSPS) is 27.4. The van der Waals surface area contributed by atoms with E-state index in [2.05, 4.69) is 5.73 Å². The van der Waals surface area contributed by atoms with Crippen molar-refractivity contribution >= 4 is 6.34 Å². The predicted octanol–water partition coefficient (Wildman–Crippen LogP) is 5.65. The van der Waals surface area contributed by atoms with Crippen LogP contribution >= 0.6 is 0 Å². The minimum Gasteiger partial charge on any atom is -0.390 e. The fourth-order valence-electron chi connectivity index (χ4n) is 5.71. The van der Waals surface area contributed by atoms with Gasteiger partial charge in [-0.15, -0.1) is 0 Å². The van der Waals surface area contributed by atoms with Gasteiger partial charge in [-0.25, -0.2) is 0 Å². The van der Waals surface area contributed by atoms with E-state index < -0.39 is 0 Å². The van der Waals surface area contributed by atoms with Gasteiger partial charge in [0.25, 0.3) is 0 Å². The maximum Gasteiger partial charge on any atom is 0.0765 e. The third kappa shape index (κ3) is 4.23. The van der Waals surface area contributed by atoms with Crippen molar-refractivity contribution in [3.05, 3.63) is 0 Å². The smallest absolute Gasteiger partial charge is 0.0765 e. The molecule has 0 bridgehead atoms. The van der Waals surface area contributed by atoms with E-state index in [4.69, 9.17) is 5.41 Å². The molecular weight excluding hydrogens is 256 g/mol. The van der Waals surface area contributed by atoms with Crippen molar-refractivity contribution in [2.24, 2.45) is 23.0 Å². The van der Waals surface area contributed by atoms with Crippen LogP contribution < -0.4 is 5.73 Å². The Kier molecular flexibility index (Phi) is 7.06. The lowest BCUT2D eigenvalue weighted by atomic mass is 9.53. The van der Waals surface area contributed by atoms with E-state index in [1.165, 1.54) is 19.3 Å². The topological polar surface area (TPSA) is 49.9 Å². The second-order valence-electron chi connectivity index (χ2n) is 7.63. The highest BCUT2D eigenvalue weighted by molar-refractivity contribution is 5.46. The van der Waals surface area contributed by atoms with Crippen LogP contribution in [0.5, 0.6) is 0 Å². The molecule has 0 atom stereocenters. The molecule has 0 aromatic rings. The highest BCUT2D eigenvalue weighted by Gasteiger charge is 2.45. The number of rotatable bonds is 2. The summed E-state index contributed by atoms with van der Waals surface area (Å²) >= 11 is 0. The lowest BCUT2D eigenvalue weighted by Gasteiger charge is -2.52. The molecule has 0 spiro atoms. The van der Waals surface area contributed by atoms with E-state index in [1.807, 2.05) is 0 Å². The van der Waals surface area contributed by atoms with E-state index in [-0.39, 0.29) is 0 Å². The van der Waals surface area contributed by atoms with Crippen LogP contribution in [0.4, 0.5) is 0 Å². The van der Waals surface area contributed by atoms with Crippen molar-refractivity contribution < 1.29 is 0 Å². The van der Waals surface area contributed by atoms with Crippen LogP contribution in [0.2, 0.25) is 0 Å². The van der Waals surface area contributed by atoms with Gasteiger partial charge in [0, 0.05) is 0 Å². The van der Waals surface area contributed by atoms with Crippen LogP contribution in [-0.2, 0) is 0 Å². The molecule has 0 saturated heterocycles. The Hall–Kier alpha value is -0.530. The van der Waals surface area contributed by atoms with Crippen LogP contribution in [0.3, 0.4) is 0 Å². The Morgan fingerprint density at radius 1 is 0.667 bits per heavy atom. The summed E-state index contributed by atoms with van der Waals surface area (Å²) in [6.45, 7) is 0. The van der Waals surface area contributed by atoms with Crippen molar-refractivity contribution in [1.29, 1.82) is 5.41 Å². The molecule has 0 aromatic carbocycles. The number of hydrogen-bond donors (Lipinski definition) is 2. The van der Waals surface area contributed by atoms with E-state index >= 15 is 0 Å². The van der Waals surface area contributed by atoms with Crippen LogP contribution in [-0.4, -0.2) is 6.34 Å². The standard InChI is InChI=1S/C18H32.CH4N2/c1-4-10-16(11-5-1)18(14-8-3-9-15-18)17-12-6-2-7-13-17;2-1-3/h16-17H,1-15H2;1H,(H3,2,3). The van der Waals surface area contributed by atoms with E-state index in [9.17, 15) is 0 Å². The van der Waals surface area contributed by atoms with Gasteiger partial charge in [-0.2, -0.15) is 0 Å². The first-order chi connectivity index (χ1) is 10.3. The summed E-state index contributed by atoms with van der Waals surface area (Å²) in [5.74, 6) is 2.24. The molecule has 3 saturated carbocycles. The Balaban J connectivity index is 0.000000497. The summed E-state index contributed by atoms with van der Waals surface area (Å²) in [5.41, 5.74) is 5.21. The maximum atomic E-state index is 5.86. The average molecular weight is 293 g/mol. The predicted molar refractivity (Wildman–Crippen MR) is 91.6 cm³/mol. The molecule has 3 aliphatic carbocycles. The zero-order valence-corrected chi connectivity index (χ0v) is 13.9. The van der Waals surface area contributed by atoms with Gasteiger partial charge in [-0.3, -0.25) is 5.41 Å². The van der Waals surface area contributed by atoms with E-state index in [0.717, 1.165) is 23.6 Å². The van der Waals surface area contributed by atoms with Gasteiger partial charge in [-0.05, 0) is 55.8 Å². The van der Waals surface area contributed by atoms with Crippen LogP contribution in [0.25, 0.3) is 0 Å². The zero-order valence-electron chi connectivity index (χ0n) is 13.9. The fraction of sp³-hybridized carbons (Fsp3) is 0.947. The lowest BCUT2D eigenvalue weighted by molar-refractivity contribution is -0.0125. The zero-order chi connectivity index (χ0) is 15.0. The van der Waals surface area contributed by atoms with Crippen LogP contribution in [0, 0.1) is 22.7 Å². The molecule has 2 nitrogen and oxygen atoms in total. The van der Waals surface area contributed by atoms with Crippen molar-refractivity contribution in [1.82, 2.24) is 0 Å². The summed E-state index contributed by atoms with van der Waals surface area (Å²) in [4.78, 5) is 0. The van der Waals surface area contributed by atoms with E-state index in [1.54, 1.807) is 77.0 Å². The summed E-state index contributed by atoms with van der Waals surface area (Å²) in [5, 5.41) is 5.86. The van der Waals surface area contributed by atoms with Crippen molar-refractivity contribution in [2.45, 2.75) is 96.3 Å². The first-order valence-corrected chi connectivity index (χ1v) is 9.54. The summed E-state index contributed by atoms with van der Waals surface area (Å²) < 4.78 is 0. The highest BCUT2D eigenvalue weighted by Crippen LogP contribution is 2.56. The Labute approximate surface area is 131 Å². The van der Waals surface area contributed by atoms with Crippen LogP contribution in [0.1, 0.15) is 96.3 Å². The van der Waals surface area contributed by atoms with Gasteiger partial charge in [-0.1, -0.05) is 57.8 Å². The molecule has 3 rings (SSSR count). The molecule has 0 amide bonds. The molecule has 0 aliphatic heterocycles.